The number of nitrogens with zero attached hydrogens (tertiary/aromatic N) is 2. The Kier molecular flexibility index (Phi) is 7.70. The van der Waals surface area contributed by atoms with Crippen molar-refractivity contribution in [2.75, 3.05) is 19.7 Å². The molecule has 0 aliphatic carbocycles. The van der Waals surface area contributed by atoms with Crippen LogP contribution in [-0.2, 0) is 13.1 Å². The van der Waals surface area contributed by atoms with E-state index < -0.39 is 0 Å². The minimum atomic E-state index is 0.546. The lowest BCUT2D eigenvalue weighted by Crippen LogP contribution is -2.41. The Balaban J connectivity index is 1.38. The second-order valence-electron chi connectivity index (χ2n) is 7.17. The molecule has 3 rings (SSSR count). The Hall–Kier alpha value is -2.35. The molecule has 1 aliphatic heterocycles. The second kappa shape index (κ2) is 10.7. The first kappa shape index (κ1) is 19.4. The Morgan fingerprint density at radius 2 is 1.81 bits per heavy atom. The average Bonchev–Trinajstić information content (AvgIpc) is 2.72. The van der Waals surface area contributed by atoms with Gasteiger partial charge in [-0.05, 0) is 55.6 Å². The molecule has 0 amide bonds. The van der Waals surface area contributed by atoms with E-state index in [4.69, 9.17) is 10.00 Å². The van der Waals surface area contributed by atoms with E-state index in [2.05, 4.69) is 58.8 Å². The molecule has 1 N–H and O–H groups in total. The summed E-state index contributed by atoms with van der Waals surface area (Å²) in [6, 6.07) is 21.7. The number of hydrogen-bond acceptors (Lipinski definition) is 4. The van der Waals surface area contributed by atoms with Crippen LogP contribution in [-0.4, -0.2) is 30.6 Å². The number of hydrogen-bond donors (Lipinski definition) is 1. The van der Waals surface area contributed by atoms with E-state index in [9.17, 15) is 0 Å². The van der Waals surface area contributed by atoms with Crippen LogP contribution in [0.25, 0.3) is 0 Å². The van der Waals surface area contributed by atoms with E-state index in [1.807, 2.05) is 12.1 Å². The molecular formula is C23H29N3O. The predicted molar refractivity (Wildman–Crippen MR) is 108 cm³/mol. The highest BCUT2D eigenvalue weighted by Gasteiger charge is 2.18. The smallest absolute Gasteiger partial charge is 0.119 e. The largest absolute Gasteiger partial charge is 0.494 e. The number of ether oxygens (including phenoxy) is 1. The van der Waals surface area contributed by atoms with Crippen molar-refractivity contribution in [2.24, 2.45) is 0 Å². The van der Waals surface area contributed by atoms with Gasteiger partial charge in [-0.1, -0.05) is 42.5 Å². The Bertz CT molecular complexity index is 718. The first-order valence-corrected chi connectivity index (χ1v) is 9.92. The molecule has 4 heteroatoms. The number of nitrogens with one attached hydrogen (secondary N) is 1. The summed E-state index contributed by atoms with van der Waals surface area (Å²) in [4.78, 5) is 2.54. The number of nitriles is 1. The fraction of sp³-hybridized carbons (Fsp3) is 0.435. The van der Waals surface area contributed by atoms with Gasteiger partial charge >= 0.3 is 0 Å². The molecule has 1 aliphatic rings. The monoisotopic (exact) mass is 363 g/mol. The van der Waals surface area contributed by atoms with Crippen LogP contribution in [0.4, 0.5) is 0 Å². The van der Waals surface area contributed by atoms with E-state index in [1.54, 1.807) is 0 Å². The molecule has 0 spiro atoms. The number of piperidine rings is 1. The SMILES string of the molecule is N#CCCCOc1cccc(CNC2CCN(Cc3ccccc3)CC2)c1. The minimum Gasteiger partial charge on any atom is -0.494 e. The predicted octanol–water partition coefficient (Wildman–Crippen LogP) is 4.12. The topological polar surface area (TPSA) is 48.3 Å². The lowest BCUT2D eigenvalue weighted by atomic mass is 10.0. The maximum absolute atomic E-state index is 8.57. The summed E-state index contributed by atoms with van der Waals surface area (Å²) in [7, 11) is 0. The Labute approximate surface area is 162 Å². The van der Waals surface area contributed by atoms with Crippen LogP contribution < -0.4 is 10.1 Å². The van der Waals surface area contributed by atoms with E-state index >= 15 is 0 Å². The highest BCUT2D eigenvalue weighted by atomic mass is 16.5. The van der Waals surface area contributed by atoms with Crippen LogP contribution in [0, 0.1) is 11.3 Å². The fourth-order valence-corrected chi connectivity index (χ4v) is 3.49. The van der Waals surface area contributed by atoms with E-state index in [1.165, 1.54) is 24.0 Å². The van der Waals surface area contributed by atoms with Gasteiger partial charge in [0, 0.05) is 25.6 Å². The zero-order valence-corrected chi connectivity index (χ0v) is 15.9. The Morgan fingerprint density at radius 3 is 2.59 bits per heavy atom. The maximum Gasteiger partial charge on any atom is 0.119 e. The summed E-state index contributed by atoms with van der Waals surface area (Å²) in [6.07, 6.45) is 3.71. The van der Waals surface area contributed by atoms with Crippen molar-refractivity contribution < 1.29 is 4.74 Å². The lowest BCUT2D eigenvalue weighted by molar-refractivity contribution is 0.190. The molecule has 2 aromatic rings. The van der Waals surface area contributed by atoms with Gasteiger partial charge in [0.1, 0.15) is 5.75 Å². The fourth-order valence-electron chi connectivity index (χ4n) is 3.49. The second-order valence-corrected chi connectivity index (χ2v) is 7.17. The third kappa shape index (κ3) is 6.71. The van der Waals surface area contributed by atoms with Crippen LogP contribution in [0.1, 0.15) is 36.8 Å². The number of unbranched alkanes of at least 4 members (excludes halogenated alkanes) is 1. The zero-order chi connectivity index (χ0) is 18.7. The summed E-state index contributed by atoms with van der Waals surface area (Å²) in [5.41, 5.74) is 2.65. The molecular weight excluding hydrogens is 334 g/mol. The molecule has 1 heterocycles. The first-order valence-electron chi connectivity index (χ1n) is 9.92. The van der Waals surface area contributed by atoms with E-state index in [0.29, 0.717) is 19.1 Å². The van der Waals surface area contributed by atoms with Crippen molar-refractivity contribution in [1.82, 2.24) is 10.2 Å². The summed E-state index contributed by atoms with van der Waals surface area (Å²) in [5, 5.41) is 12.3. The van der Waals surface area contributed by atoms with Gasteiger partial charge in [0.2, 0.25) is 0 Å². The van der Waals surface area contributed by atoms with Crippen LogP contribution in [0.5, 0.6) is 5.75 Å². The van der Waals surface area contributed by atoms with Gasteiger partial charge in [0.25, 0.3) is 0 Å². The standard InChI is InChI=1S/C23H29N3O/c24-13-4-5-16-27-23-10-6-9-21(17-23)18-25-22-11-14-26(15-12-22)19-20-7-2-1-3-8-20/h1-3,6-10,17,22,25H,4-5,11-12,14-16,18-19H2. The van der Waals surface area contributed by atoms with Crippen molar-refractivity contribution in [2.45, 2.75) is 44.8 Å². The molecule has 1 saturated heterocycles. The van der Waals surface area contributed by atoms with E-state index in [-0.39, 0.29) is 0 Å². The van der Waals surface area contributed by atoms with Crippen LogP contribution in [0.3, 0.4) is 0 Å². The van der Waals surface area contributed by atoms with Crippen LogP contribution >= 0.6 is 0 Å². The molecule has 0 radical (unpaired) electrons. The molecule has 0 bridgehead atoms. The first-order chi connectivity index (χ1) is 13.3. The summed E-state index contributed by atoms with van der Waals surface area (Å²) in [5.74, 6) is 0.893. The van der Waals surface area contributed by atoms with Gasteiger partial charge in [-0.15, -0.1) is 0 Å². The number of rotatable bonds is 9. The van der Waals surface area contributed by atoms with Crippen LogP contribution in [0.15, 0.2) is 54.6 Å². The Morgan fingerprint density at radius 1 is 1.04 bits per heavy atom. The molecule has 142 valence electrons. The molecule has 0 atom stereocenters. The van der Waals surface area contributed by atoms with E-state index in [0.717, 1.165) is 38.3 Å². The van der Waals surface area contributed by atoms with Crippen LogP contribution in [0.2, 0.25) is 0 Å². The van der Waals surface area contributed by atoms with Gasteiger partial charge in [-0.2, -0.15) is 5.26 Å². The molecule has 1 fully saturated rings. The molecule has 0 unspecified atom stereocenters. The van der Waals surface area contributed by atoms with Crippen molar-refractivity contribution >= 4 is 0 Å². The van der Waals surface area contributed by atoms with Crippen molar-refractivity contribution in [3.63, 3.8) is 0 Å². The minimum absolute atomic E-state index is 0.546. The third-order valence-electron chi connectivity index (χ3n) is 5.03. The summed E-state index contributed by atoms with van der Waals surface area (Å²) < 4.78 is 5.73. The van der Waals surface area contributed by atoms with Gasteiger partial charge in [-0.3, -0.25) is 4.90 Å². The van der Waals surface area contributed by atoms with Gasteiger partial charge < -0.3 is 10.1 Å². The molecule has 0 aromatic heterocycles. The summed E-state index contributed by atoms with van der Waals surface area (Å²) in [6.45, 7) is 4.82. The summed E-state index contributed by atoms with van der Waals surface area (Å²) >= 11 is 0. The molecule has 0 saturated carbocycles. The van der Waals surface area contributed by atoms with Gasteiger partial charge in [-0.25, -0.2) is 0 Å². The van der Waals surface area contributed by atoms with Crippen molar-refractivity contribution in [1.29, 1.82) is 5.26 Å². The quantitative estimate of drug-likeness (QED) is 0.681. The number of benzene rings is 2. The highest BCUT2D eigenvalue weighted by molar-refractivity contribution is 5.28. The molecule has 2 aromatic carbocycles. The van der Waals surface area contributed by atoms with Crippen molar-refractivity contribution in [3.05, 3.63) is 65.7 Å². The maximum atomic E-state index is 8.57. The third-order valence-corrected chi connectivity index (χ3v) is 5.03. The molecule has 27 heavy (non-hydrogen) atoms. The lowest BCUT2D eigenvalue weighted by Gasteiger charge is -2.32. The number of likely N-dealkylation sites (tertiary alicyclic amines) is 1. The normalized spacial score (nSPS) is 15.4. The van der Waals surface area contributed by atoms with Crippen molar-refractivity contribution in [3.8, 4) is 11.8 Å². The zero-order valence-electron chi connectivity index (χ0n) is 15.9. The highest BCUT2D eigenvalue weighted by Crippen LogP contribution is 2.16. The van der Waals surface area contributed by atoms with Gasteiger partial charge in [0.15, 0.2) is 0 Å². The molecule has 4 nitrogen and oxygen atoms in total. The average molecular weight is 364 g/mol. The van der Waals surface area contributed by atoms with Gasteiger partial charge in [0.05, 0.1) is 12.7 Å².